The number of para-hydroxylation sites is 1. The van der Waals surface area contributed by atoms with Crippen LogP contribution in [0, 0.1) is 12.8 Å². The second-order valence-electron chi connectivity index (χ2n) is 7.16. The molecule has 2 aromatic rings. The predicted molar refractivity (Wildman–Crippen MR) is 109 cm³/mol. The number of ether oxygens (including phenoxy) is 1. The van der Waals surface area contributed by atoms with Gasteiger partial charge in [0.1, 0.15) is 5.75 Å². The van der Waals surface area contributed by atoms with Gasteiger partial charge in [0, 0.05) is 25.1 Å². The molecule has 0 spiro atoms. The summed E-state index contributed by atoms with van der Waals surface area (Å²) in [5.41, 5.74) is 3.09. The summed E-state index contributed by atoms with van der Waals surface area (Å²) in [6.07, 6.45) is 0.967. The SMILES string of the molecule is CCN1C(=O)CC[C@@H](C(=O)NCc2ccccc2OC)[C@@H]1c1ccccc1C. The number of piperidine rings is 1. The lowest BCUT2D eigenvalue weighted by Crippen LogP contribution is -2.48. The fourth-order valence-corrected chi connectivity index (χ4v) is 4.07. The van der Waals surface area contributed by atoms with Gasteiger partial charge in [0.15, 0.2) is 0 Å². The molecular weight excluding hydrogens is 352 g/mol. The minimum Gasteiger partial charge on any atom is -0.496 e. The number of rotatable bonds is 6. The van der Waals surface area contributed by atoms with Gasteiger partial charge >= 0.3 is 0 Å². The lowest BCUT2D eigenvalue weighted by atomic mass is 9.82. The molecule has 0 radical (unpaired) electrons. The van der Waals surface area contributed by atoms with Crippen molar-refractivity contribution in [3.63, 3.8) is 0 Å². The summed E-state index contributed by atoms with van der Waals surface area (Å²) in [6, 6.07) is 15.5. The number of nitrogens with zero attached hydrogens (tertiary/aromatic N) is 1. The third-order valence-electron chi connectivity index (χ3n) is 5.54. The lowest BCUT2D eigenvalue weighted by Gasteiger charge is -2.41. The zero-order valence-electron chi connectivity index (χ0n) is 16.8. The molecule has 2 amide bonds. The van der Waals surface area contributed by atoms with E-state index in [0.717, 1.165) is 22.4 Å². The molecule has 2 atom stereocenters. The van der Waals surface area contributed by atoms with Crippen LogP contribution in [0.1, 0.15) is 42.5 Å². The van der Waals surface area contributed by atoms with E-state index in [1.807, 2.05) is 67.3 Å². The Morgan fingerprint density at radius 1 is 1.18 bits per heavy atom. The Morgan fingerprint density at radius 3 is 2.61 bits per heavy atom. The molecule has 5 heteroatoms. The van der Waals surface area contributed by atoms with Gasteiger partial charge in [-0.05, 0) is 37.5 Å². The van der Waals surface area contributed by atoms with Gasteiger partial charge in [-0.3, -0.25) is 9.59 Å². The molecule has 0 aromatic heterocycles. The molecular formula is C23H28N2O3. The molecule has 148 valence electrons. The molecule has 1 fully saturated rings. The molecule has 2 aromatic carbocycles. The Morgan fingerprint density at radius 2 is 1.89 bits per heavy atom. The maximum atomic E-state index is 13.1. The second kappa shape index (κ2) is 8.91. The van der Waals surface area contributed by atoms with Gasteiger partial charge in [0.25, 0.3) is 0 Å². The third-order valence-corrected chi connectivity index (χ3v) is 5.54. The van der Waals surface area contributed by atoms with Crippen molar-refractivity contribution in [3.05, 3.63) is 65.2 Å². The summed E-state index contributed by atoms with van der Waals surface area (Å²) in [7, 11) is 1.63. The van der Waals surface area contributed by atoms with Crippen LogP contribution in [0.15, 0.2) is 48.5 Å². The van der Waals surface area contributed by atoms with Crippen LogP contribution < -0.4 is 10.1 Å². The molecule has 0 saturated carbocycles. The van der Waals surface area contributed by atoms with Crippen LogP contribution in [0.4, 0.5) is 0 Å². The van der Waals surface area contributed by atoms with Gasteiger partial charge in [-0.25, -0.2) is 0 Å². The second-order valence-corrected chi connectivity index (χ2v) is 7.16. The predicted octanol–water partition coefficient (Wildman–Crippen LogP) is 3.62. The van der Waals surface area contributed by atoms with Crippen molar-refractivity contribution in [1.82, 2.24) is 10.2 Å². The molecule has 0 unspecified atom stereocenters. The van der Waals surface area contributed by atoms with Gasteiger partial charge < -0.3 is 15.0 Å². The van der Waals surface area contributed by atoms with E-state index in [-0.39, 0.29) is 23.8 Å². The number of nitrogens with one attached hydrogen (secondary N) is 1. The van der Waals surface area contributed by atoms with E-state index in [9.17, 15) is 9.59 Å². The van der Waals surface area contributed by atoms with Crippen molar-refractivity contribution in [2.24, 2.45) is 5.92 Å². The maximum absolute atomic E-state index is 13.1. The molecule has 3 rings (SSSR count). The highest BCUT2D eigenvalue weighted by Gasteiger charge is 2.40. The standard InChI is InChI=1S/C23H28N2O3/c1-4-25-21(26)14-13-19(22(25)18-11-7-5-9-16(18)2)23(27)24-15-17-10-6-8-12-20(17)28-3/h5-12,19,22H,4,13-15H2,1-3H3,(H,24,27)/t19-,22+/m1/s1. The first-order valence-electron chi connectivity index (χ1n) is 9.81. The van der Waals surface area contributed by atoms with Crippen LogP contribution in [0.5, 0.6) is 5.75 Å². The van der Waals surface area contributed by atoms with Crippen LogP contribution >= 0.6 is 0 Å². The largest absolute Gasteiger partial charge is 0.496 e. The highest BCUT2D eigenvalue weighted by Crippen LogP contribution is 2.38. The first-order valence-corrected chi connectivity index (χ1v) is 9.81. The van der Waals surface area contributed by atoms with E-state index in [1.165, 1.54) is 0 Å². The van der Waals surface area contributed by atoms with E-state index in [0.29, 0.717) is 25.9 Å². The zero-order chi connectivity index (χ0) is 20.1. The van der Waals surface area contributed by atoms with E-state index < -0.39 is 0 Å². The normalized spacial score (nSPS) is 19.4. The Balaban J connectivity index is 1.84. The zero-order valence-corrected chi connectivity index (χ0v) is 16.8. The quantitative estimate of drug-likeness (QED) is 0.833. The highest BCUT2D eigenvalue weighted by atomic mass is 16.5. The molecule has 1 heterocycles. The summed E-state index contributed by atoms with van der Waals surface area (Å²) in [5.74, 6) is 0.579. The van der Waals surface area contributed by atoms with Gasteiger partial charge in [0.05, 0.1) is 19.1 Å². The molecule has 0 bridgehead atoms. The number of amides is 2. The Kier molecular flexibility index (Phi) is 6.34. The Hall–Kier alpha value is -2.82. The number of carbonyl (C=O) groups excluding carboxylic acids is 2. The van der Waals surface area contributed by atoms with Crippen LogP contribution in [-0.4, -0.2) is 30.4 Å². The highest BCUT2D eigenvalue weighted by molar-refractivity contribution is 5.85. The smallest absolute Gasteiger partial charge is 0.225 e. The minimum atomic E-state index is -0.270. The van der Waals surface area contributed by atoms with Crippen LogP contribution in [0.25, 0.3) is 0 Å². The average molecular weight is 380 g/mol. The van der Waals surface area contributed by atoms with Crippen LogP contribution in [0.3, 0.4) is 0 Å². The first kappa shape index (κ1) is 19.9. The number of likely N-dealkylation sites (tertiary alicyclic amines) is 1. The van der Waals surface area contributed by atoms with E-state index in [1.54, 1.807) is 7.11 Å². The number of hydrogen-bond donors (Lipinski definition) is 1. The van der Waals surface area contributed by atoms with Crippen molar-refractivity contribution < 1.29 is 14.3 Å². The molecule has 1 saturated heterocycles. The summed E-state index contributed by atoms with van der Waals surface area (Å²) in [5, 5.41) is 3.07. The van der Waals surface area contributed by atoms with Crippen molar-refractivity contribution >= 4 is 11.8 Å². The number of aryl methyl sites for hydroxylation is 1. The van der Waals surface area contributed by atoms with E-state index >= 15 is 0 Å². The number of benzene rings is 2. The summed E-state index contributed by atoms with van der Waals surface area (Å²) in [4.78, 5) is 27.5. The maximum Gasteiger partial charge on any atom is 0.225 e. The summed E-state index contributed by atoms with van der Waals surface area (Å²) >= 11 is 0. The van der Waals surface area contributed by atoms with Crippen molar-refractivity contribution in [3.8, 4) is 5.75 Å². The summed E-state index contributed by atoms with van der Waals surface area (Å²) in [6.45, 7) is 5.00. The molecule has 1 N–H and O–H groups in total. The third kappa shape index (κ3) is 4.03. The fraction of sp³-hybridized carbons (Fsp3) is 0.391. The van der Waals surface area contributed by atoms with Gasteiger partial charge in [-0.2, -0.15) is 0 Å². The molecule has 28 heavy (non-hydrogen) atoms. The number of methoxy groups -OCH3 is 1. The fourth-order valence-electron chi connectivity index (χ4n) is 4.07. The molecule has 5 nitrogen and oxygen atoms in total. The summed E-state index contributed by atoms with van der Waals surface area (Å²) < 4.78 is 5.37. The van der Waals surface area contributed by atoms with Gasteiger partial charge in [-0.1, -0.05) is 42.5 Å². The van der Waals surface area contributed by atoms with Crippen molar-refractivity contribution in [1.29, 1.82) is 0 Å². The van der Waals surface area contributed by atoms with Gasteiger partial charge in [0.2, 0.25) is 11.8 Å². The monoisotopic (exact) mass is 380 g/mol. The Labute approximate surface area is 166 Å². The van der Waals surface area contributed by atoms with Gasteiger partial charge in [-0.15, -0.1) is 0 Å². The molecule has 1 aliphatic rings. The van der Waals surface area contributed by atoms with Crippen molar-refractivity contribution in [2.45, 2.75) is 39.3 Å². The topological polar surface area (TPSA) is 58.6 Å². The molecule has 0 aliphatic carbocycles. The molecule has 1 aliphatic heterocycles. The van der Waals surface area contributed by atoms with E-state index in [2.05, 4.69) is 5.32 Å². The van der Waals surface area contributed by atoms with Crippen molar-refractivity contribution in [2.75, 3.05) is 13.7 Å². The average Bonchev–Trinajstić information content (AvgIpc) is 2.72. The van der Waals surface area contributed by atoms with Crippen LogP contribution in [-0.2, 0) is 16.1 Å². The Bertz CT molecular complexity index is 849. The number of hydrogen-bond acceptors (Lipinski definition) is 3. The first-order chi connectivity index (χ1) is 13.6. The minimum absolute atomic E-state index is 0.0230. The lowest BCUT2D eigenvalue weighted by molar-refractivity contribution is -0.143. The number of carbonyl (C=O) groups is 2. The van der Waals surface area contributed by atoms with E-state index in [4.69, 9.17) is 4.74 Å². The van der Waals surface area contributed by atoms with Crippen LogP contribution in [0.2, 0.25) is 0 Å².